The number of pyridine rings is 2. The van der Waals surface area contributed by atoms with Crippen molar-refractivity contribution in [3.63, 3.8) is 0 Å². The Morgan fingerprint density at radius 3 is 2.72 bits per heavy atom. The minimum Gasteiger partial charge on any atom is -0.440 e. The minimum atomic E-state index is -0.708. The van der Waals surface area contributed by atoms with Crippen LogP contribution in [0.5, 0.6) is 5.75 Å². The Balaban J connectivity index is 1.96. The van der Waals surface area contributed by atoms with Gasteiger partial charge in [0.1, 0.15) is 17.4 Å². The van der Waals surface area contributed by atoms with Crippen molar-refractivity contribution in [2.45, 2.75) is 19.4 Å². The molecule has 0 bridgehead atoms. The number of nitriles is 1. The van der Waals surface area contributed by atoms with Gasteiger partial charge in [0, 0.05) is 23.0 Å². The highest BCUT2D eigenvalue weighted by Crippen LogP contribution is 2.42. The summed E-state index contributed by atoms with van der Waals surface area (Å²) in [5.74, 6) is -0.391. The first-order valence-corrected chi connectivity index (χ1v) is 9.35. The van der Waals surface area contributed by atoms with Crippen molar-refractivity contribution in [2.75, 3.05) is 0 Å². The molecule has 1 aliphatic heterocycles. The molecule has 0 amide bonds. The van der Waals surface area contributed by atoms with Gasteiger partial charge in [-0.2, -0.15) is 5.26 Å². The maximum Gasteiger partial charge on any atom is 0.259 e. The Labute approximate surface area is 172 Å². The molecule has 144 valence electrons. The number of hydrogen-bond donors (Lipinski definition) is 1. The molecule has 7 heteroatoms. The topological polar surface area (TPSA) is 93.9 Å². The molecule has 0 spiro atoms. The molecule has 1 aliphatic rings. The van der Waals surface area contributed by atoms with Gasteiger partial charge in [-0.25, -0.2) is 0 Å². The summed E-state index contributed by atoms with van der Waals surface area (Å²) < 4.78 is 7.27. The maximum absolute atomic E-state index is 13.5. The normalized spacial score (nSPS) is 15.4. The fraction of sp³-hybridized carbons (Fsp3) is 0.136. The van der Waals surface area contributed by atoms with E-state index >= 15 is 0 Å². The zero-order valence-electron chi connectivity index (χ0n) is 15.6. The van der Waals surface area contributed by atoms with Crippen LogP contribution in [0.15, 0.2) is 71.0 Å². The van der Waals surface area contributed by atoms with Crippen LogP contribution in [0.1, 0.15) is 28.4 Å². The van der Waals surface area contributed by atoms with E-state index in [0.717, 1.165) is 5.69 Å². The second-order valence-corrected chi connectivity index (χ2v) is 7.13. The van der Waals surface area contributed by atoms with Crippen molar-refractivity contribution in [3.8, 4) is 11.8 Å². The van der Waals surface area contributed by atoms with Crippen LogP contribution < -0.4 is 16.0 Å². The Morgan fingerprint density at radius 1 is 1.28 bits per heavy atom. The average Bonchev–Trinajstić information content (AvgIpc) is 2.71. The Kier molecular flexibility index (Phi) is 4.83. The Hall–Kier alpha value is -3.56. The van der Waals surface area contributed by atoms with Crippen LogP contribution in [-0.2, 0) is 6.54 Å². The van der Waals surface area contributed by atoms with E-state index < -0.39 is 5.92 Å². The van der Waals surface area contributed by atoms with Crippen molar-refractivity contribution < 1.29 is 4.74 Å². The Morgan fingerprint density at radius 2 is 2.03 bits per heavy atom. The van der Waals surface area contributed by atoms with Crippen molar-refractivity contribution in [1.82, 2.24) is 9.55 Å². The molecular formula is C22H17ClN4O2. The van der Waals surface area contributed by atoms with Crippen LogP contribution in [0, 0.1) is 18.3 Å². The first-order valence-electron chi connectivity index (χ1n) is 8.97. The van der Waals surface area contributed by atoms with Gasteiger partial charge in [-0.1, -0.05) is 35.9 Å². The molecule has 1 unspecified atom stereocenters. The largest absolute Gasteiger partial charge is 0.440 e. The van der Waals surface area contributed by atoms with Gasteiger partial charge in [0.15, 0.2) is 0 Å². The zero-order chi connectivity index (χ0) is 20.5. The van der Waals surface area contributed by atoms with Crippen LogP contribution in [0.2, 0.25) is 5.02 Å². The number of allylic oxidation sites excluding steroid dienone is 1. The van der Waals surface area contributed by atoms with Gasteiger partial charge >= 0.3 is 0 Å². The number of benzene rings is 1. The van der Waals surface area contributed by atoms with Gasteiger partial charge in [0.05, 0.1) is 23.7 Å². The number of nitrogens with zero attached hydrogens (tertiary/aromatic N) is 3. The number of aromatic nitrogens is 2. The molecule has 0 aliphatic carbocycles. The van der Waals surface area contributed by atoms with Crippen LogP contribution in [0.4, 0.5) is 0 Å². The van der Waals surface area contributed by atoms with Crippen molar-refractivity contribution in [2.24, 2.45) is 5.73 Å². The van der Waals surface area contributed by atoms with E-state index in [-0.39, 0.29) is 17.0 Å². The van der Waals surface area contributed by atoms with Crippen LogP contribution in [0.3, 0.4) is 0 Å². The molecule has 6 nitrogen and oxygen atoms in total. The van der Waals surface area contributed by atoms with Crippen LogP contribution in [0.25, 0.3) is 0 Å². The molecule has 3 aromatic rings. The molecule has 2 N–H and O–H groups in total. The molecule has 0 radical (unpaired) electrons. The molecule has 0 saturated heterocycles. The molecule has 1 aromatic carbocycles. The van der Waals surface area contributed by atoms with E-state index in [1.165, 1.54) is 0 Å². The molecule has 0 saturated carbocycles. The Bertz CT molecular complexity index is 1230. The SMILES string of the molecule is Cc1cc2c(c(=O)n1Cc1ccccn1)C(c1ccccc1Cl)C(C#N)=C(N)O2. The molecule has 4 rings (SSSR count). The lowest BCUT2D eigenvalue weighted by Gasteiger charge is -2.27. The number of aryl methyl sites for hydroxylation is 1. The van der Waals surface area contributed by atoms with Crippen LogP contribution in [-0.4, -0.2) is 9.55 Å². The van der Waals surface area contributed by atoms with Gasteiger partial charge < -0.3 is 15.0 Å². The first kappa shape index (κ1) is 18.8. The number of halogens is 1. The number of nitrogens with two attached hydrogens (primary N) is 1. The number of hydrogen-bond acceptors (Lipinski definition) is 5. The third-order valence-electron chi connectivity index (χ3n) is 4.95. The van der Waals surface area contributed by atoms with E-state index in [4.69, 9.17) is 22.1 Å². The van der Waals surface area contributed by atoms with Gasteiger partial charge in [-0.15, -0.1) is 0 Å². The lowest BCUT2D eigenvalue weighted by Crippen LogP contribution is -2.33. The van der Waals surface area contributed by atoms with Crippen molar-refractivity contribution in [3.05, 3.63) is 104 Å². The van der Waals surface area contributed by atoms with Crippen LogP contribution >= 0.6 is 11.6 Å². The average molecular weight is 405 g/mol. The predicted molar refractivity (Wildman–Crippen MR) is 110 cm³/mol. The zero-order valence-corrected chi connectivity index (χ0v) is 16.3. The monoisotopic (exact) mass is 404 g/mol. The summed E-state index contributed by atoms with van der Waals surface area (Å²) in [4.78, 5) is 17.9. The smallest absolute Gasteiger partial charge is 0.259 e. The summed E-state index contributed by atoms with van der Waals surface area (Å²) in [5, 5.41) is 10.2. The maximum atomic E-state index is 13.5. The number of fused-ring (bicyclic) bond motifs is 1. The summed E-state index contributed by atoms with van der Waals surface area (Å²) in [7, 11) is 0. The molecule has 29 heavy (non-hydrogen) atoms. The van der Waals surface area contributed by atoms with Gasteiger partial charge in [0.25, 0.3) is 5.56 Å². The molecule has 1 atom stereocenters. The summed E-state index contributed by atoms with van der Waals surface area (Å²) in [6.07, 6.45) is 1.68. The van der Waals surface area contributed by atoms with Gasteiger partial charge in [-0.05, 0) is 30.7 Å². The van der Waals surface area contributed by atoms with Gasteiger partial charge in [0.2, 0.25) is 5.88 Å². The minimum absolute atomic E-state index is 0.0220. The molecule has 0 fully saturated rings. The predicted octanol–water partition coefficient (Wildman–Crippen LogP) is 3.47. The standard InChI is InChI=1S/C22H17ClN4O2/c1-13-10-18-20(22(28)27(13)12-14-6-4-5-9-26-14)19(16(11-24)21(25)29-18)15-7-2-3-8-17(15)23/h2-10,19H,12,25H2,1H3. The second kappa shape index (κ2) is 7.46. The summed E-state index contributed by atoms with van der Waals surface area (Å²) >= 11 is 6.41. The highest BCUT2D eigenvalue weighted by Gasteiger charge is 2.35. The van der Waals surface area contributed by atoms with E-state index in [9.17, 15) is 10.1 Å². The van der Waals surface area contributed by atoms with Gasteiger partial charge in [-0.3, -0.25) is 9.78 Å². The molecule has 3 heterocycles. The van der Waals surface area contributed by atoms with E-state index in [1.807, 2.05) is 31.2 Å². The molecular weight excluding hydrogens is 388 g/mol. The fourth-order valence-corrected chi connectivity index (χ4v) is 3.80. The van der Waals surface area contributed by atoms with E-state index in [1.54, 1.807) is 35.0 Å². The van der Waals surface area contributed by atoms with Crippen molar-refractivity contribution in [1.29, 1.82) is 5.26 Å². The third-order valence-corrected chi connectivity index (χ3v) is 5.30. The number of rotatable bonds is 3. The first-order chi connectivity index (χ1) is 14.0. The van der Waals surface area contributed by atoms with Crippen molar-refractivity contribution >= 4 is 11.6 Å². The summed E-state index contributed by atoms with van der Waals surface area (Å²) in [6, 6.07) is 16.5. The fourth-order valence-electron chi connectivity index (χ4n) is 3.56. The number of ether oxygens (including phenoxy) is 1. The lowest BCUT2D eigenvalue weighted by atomic mass is 9.84. The highest BCUT2D eigenvalue weighted by atomic mass is 35.5. The third kappa shape index (κ3) is 3.26. The second-order valence-electron chi connectivity index (χ2n) is 6.72. The molecule has 2 aromatic heterocycles. The lowest BCUT2D eigenvalue weighted by molar-refractivity contribution is 0.389. The summed E-state index contributed by atoms with van der Waals surface area (Å²) in [5.41, 5.74) is 8.33. The van der Waals surface area contributed by atoms with E-state index in [2.05, 4.69) is 11.1 Å². The highest BCUT2D eigenvalue weighted by molar-refractivity contribution is 6.31. The van der Waals surface area contributed by atoms with E-state index in [0.29, 0.717) is 34.1 Å². The quantitative estimate of drug-likeness (QED) is 0.721. The summed E-state index contributed by atoms with van der Waals surface area (Å²) in [6.45, 7) is 2.12.